The van der Waals surface area contributed by atoms with Gasteiger partial charge in [0, 0.05) is 6.54 Å². The molecule has 1 saturated heterocycles. The number of cyclic esters (lactones) is 1. The largest absolute Gasteiger partial charge is 0.442 e. The second-order valence-corrected chi connectivity index (χ2v) is 6.15. The summed E-state index contributed by atoms with van der Waals surface area (Å²) < 4.78 is 19.7. The van der Waals surface area contributed by atoms with Crippen molar-refractivity contribution in [2.45, 2.75) is 13.0 Å². The number of rotatable bonds is 4. The summed E-state index contributed by atoms with van der Waals surface area (Å²) in [7, 11) is 0. The Morgan fingerprint density at radius 3 is 3.08 bits per heavy atom. The molecular weight excluding hydrogens is 333 g/mol. The SMILES string of the molecule is CC(=S)NCC1CN(c2ccc(N3C=NNCC3)c(F)c2)C(=O)O1. The van der Waals surface area contributed by atoms with Gasteiger partial charge in [-0.25, -0.2) is 9.18 Å². The fourth-order valence-electron chi connectivity index (χ4n) is 2.58. The van der Waals surface area contributed by atoms with E-state index in [0.717, 1.165) is 0 Å². The van der Waals surface area contributed by atoms with Crippen molar-refractivity contribution in [1.29, 1.82) is 0 Å². The topological polar surface area (TPSA) is 69.2 Å². The van der Waals surface area contributed by atoms with Crippen molar-refractivity contribution in [3.63, 3.8) is 0 Å². The highest BCUT2D eigenvalue weighted by Crippen LogP contribution is 2.27. The van der Waals surface area contributed by atoms with Crippen molar-refractivity contribution in [3.05, 3.63) is 24.0 Å². The van der Waals surface area contributed by atoms with Crippen LogP contribution in [0.2, 0.25) is 0 Å². The van der Waals surface area contributed by atoms with Crippen molar-refractivity contribution >= 4 is 41.0 Å². The predicted octanol–water partition coefficient (Wildman–Crippen LogP) is 1.44. The number of anilines is 2. The third-order valence-corrected chi connectivity index (χ3v) is 3.90. The molecule has 9 heteroatoms. The molecule has 0 radical (unpaired) electrons. The number of carbonyl (C=O) groups is 1. The fourth-order valence-corrected chi connectivity index (χ4v) is 2.66. The summed E-state index contributed by atoms with van der Waals surface area (Å²) in [4.78, 5) is 15.8. The molecule has 7 nitrogen and oxygen atoms in total. The van der Waals surface area contributed by atoms with Gasteiger partial charge in [-0.1, -0.05) is 12.2 Å². The Balaban J connectivity index is 1.72. The average Bonchev–Trinajstić information content (AvgIpc) is 2.94. The molecule has 2 aliphatic rings. The van der Waals surface area contributed by atoms with Gasteiger partial charge in [-0.05, 0) is 25.1 Å². The minimum absolute atomic E-state index is 0.321. The molecule has 2 N–H and O–H groups in total. The van der Waals surface area contributed by atoms with Crippen molar-refractivity contribution in [1.82, 2.24) is 10.7 Å². The van der Waals surface area contributed by atoms with Gasteiger partial charge >= 0.3 is 6.09 Å². The second-order valence-electron chi connectivity index (χ2n) is 5.54. The third-order valence-electron chi connectivity index (χ3n) is 3.76. The first-order valence-corrected chi connectivity index (χ1v) is 8.00. The van der Waals surface area contributed by atoms with Crippen molar-refractivity contribution in [3.8, 4) is 0 Å². The van der Waals surface area contributed by atoms with Crippen LogP contribution in [-0.2, 0) is 4.74 Å². The predicted molar refractivity (Wildman–Crippen MR) is 94.1 cm³/mol. The van der Waals surface area contributed by atoms with Crippen molar-refractivity contribution in [2.24, 2.45) is 5.10 Å². The summed E-state index contributed by atoms with van der Waals surface area (Å²) in [6.07, 6.45) is 0.735. The Bertz CT molecular complexity index is 684. The van der Waals surface area contributed by atoms with Gasteiger partial charge < -0.3 is 20.4 Å². The number of hydrazone groups is 1. The van der Waals surface area contributed by atoms with Crippen LogP contribution in [0.15, 0.2) is 23.3 Å². The van der Waals surface area contributed by atoms with Crippen molar-refractivity contribution in [2.75, 3.05) is 36.0 Å². The number of benzene rings is 1. The van der Waals surface area contributed by atoms with Crippen LogP contribution in [0.25, 0.3) is 0 Å². The van der Waals surface area contributed by atoms with Crippen LogP contribution < -0.4 is 20.5 Å². The van der Waals surface area contributed by atoms with Crippen LogP contribution in [0.4, 0.5) is 20.6 Å². The van der Waals surface area contributed by atoms with E-state index in [4.69, 9.17) is 17.0 Å². The highest BCUT2D eigenvalue weighted by molar-refractivity contribution is 7.80. The number of nitrogens with zero attached hydrogens (tertiary/aromatic N) is 3. The van der Waals surface area contributed by atoms with Crippen LogP contribution in [-0.4, -0.2) is 49.7 Å². The van der Waals surface area contributed by atoms with Gasteiger partial charge in [0.2, 0.25) is 0 Å². The quantitative estimate of drug-likeness (QED) is 0.800. The molecule has 2 heterocycles. The summed E-state index contributed by atoms with van der Waals surface area (Å²) in [5, 5.41) is 6.88. The average molecular weight is 351 g/mol. The van der Waals surface area contributed by atoms with E-state index in [9.17, 15) is 9.18 Å². The number of thiocarbonyl (C=S) groups is 1. The molecule has 2 aliphatic heterocycles. The van der Waals surface area contributed by atoms with E-state index in [1.54, 1.807) is 30.3 Å². The summed E-state index contributed by atoms with van der Waals surface area (Å²) in [5.74, 6) is -0.412. The monoisotopic (exact) mass is 351 g/mol. The molecule has 1 unspecified atom stereocenters. The molecule has 0 bridgehead atoms. The molecule has 0 aliphatic carbocycles. The maximum atomic E-state index is 14.4. The highest BCUT2D eigenvalue weighted by atomic mass is 32.1. The van der Waals surface area contributed by atoms with Crippen LogP contribution in [0, 0.1) is 5.82 Å². The van der Waals surface area contributed by atoms with Gasteiger partial charge in [0.1, 0.15) is 18.3 Å². The zero-order valence-electron chi connectivity index (χ0n) is 13.2. The summed E-state index contributed by atoms with van der Waals surface area (Å²) >= 11 is 4.94. The number of amides is 1. The first kappa shape index (κ1) is 16.4. The number of nitrogens with one attached hydrogen (secondary N) is 2. The minimum atomic E-state index is -0.486. The highest BCUT2D eigenvalue weighted by Gasteiger charge is 2.32. The van der Waals surface area contributed by atoms with E-state index >= 15 is 0 Å². The molecule has 0 saturated carbocycles. The van der Waals surface area contributed by atoms with E-state index < -0.39 is 11.9 Å². The van der Waals surface area contributed by atoms with Crippen LogP contribution in [0.5, 0.6) is 0 Å². The lowest BCUT2D eigenvalue weighted by molar-refractivity contribution is 0.143. The van der Waals surface area contributed by atoms with Gasteiger partial charge in [-0.3, -0.25) is 4.90 Å². The van der Waals surface area contributed by atoms with Gasteiger partial charge in [0.25, 0.3) is 0 Å². The standard InChI is InChI=1S/C15H18FN5O2S/c1-10(24)17-7-12-8-21(15(22)23-12)11-2-3-14(13(16)6-11)20-5-4-18-19-9-20/h2-3,6,9,12,18H,4-5,7-8H2,1H3,(H,17,24). The van der Waals surface area contributed by atoms with Gasteiger partial charge in [0.05, 0.1) is 36.0 Å². The van der Waals surface area contributed by atoms with Gasteiger partial charge in [-0.15, -0.1) is 0 Å². The molecule has 0 aromatic heterocycles. The van der Waals surface area contributed by atoms with Gasteiger partial charge in [0.15, 0.2) is 0 Å². The zero-order chi connectivity index (χ0) is 17.1. The number of carbonyl (C=O) groups excluding carboxylic acids is 1. The molecule has 24 heavy (non-hydrogen) atoms. The third kappa shape index (κ3) is 3.56. The number of hydrogen-bond donors (Lipinski definition) is 2. The van der Waals surface area contributed by atoms with E-state index in [2.05, 4.69) is 15.8 Å². The molecule has 3 rings (SSSR count). The first-order chi connectivity index (χ1) is 11.5. The smallest absolute Gasteiger partial charge is 0.414 e. The van der Waals surface area contributed by atoms with Crippen LogP contribution in [0.3, 0.4) is 0 Å². The molecule has 1 atom stereocenters. The summed E-state index contributed by atoms with van der Waals surface area (Å²) in [6.45, 7) is 3.81. The Hall–Kier alpha value is -2.42. The van der Waals surface area contributed by atoms with Gasteiger partial charge in [-0.2, -0.15) is 5.10 Å². The molecule has 1 fully saturated rings. The van der Waals surface area contributed by atoms with E-state index in [1.807, 2.05) is 0 Å². The molecule has 0 spiro atoms. The Labute approximate surface area is 144 Å². The van der Waals surface area contributed by atoms with E-state index in [1.165, 1.54) is 11.0 Å². The first-order valence-electron chi connectivity index (χ1n) is 7.59. The minimum Gasteiger partial charge on any atom is -0.442 e. The number of halogens is 1. The second kappa shape index (κ2) is 7.00. The van der Waals surface area contributed by atoms with E-state index in [0.29, 0.717) is 42.5 Å². The van der Waals surface area contributed by atoms with Crippen molar-refractivity contribution < 1.29 is 13.9 Å². The lowest BCUT2D eigenvalue weighted by atomic mass is 10.2. The number of hydrogen-bond acceptors (Lipinski definition) is 6. The molecular formula is C15H18FN5O2S. The maximum absolute atomic E-state index is 14.4. The maximum Gasteiger partial charge on any atom is 0.414 e. The van der Waals surface area contributed by atoms with E-state index in [-0.39, 0.29) is 6.10 Å². The Morgan fingerprint density at radius 1 is 1.58 bits per heavy atom. The molecule has 1 aromatic rings. The lowest BCUT2D eigenvalue weighted by Crippen LogP contribution is -2.35. The molecule has 1 amide bonds. The number of ether oxygens (including phenoxy) is 1. The summed E-state index contributed by atoms with van der Waals surface area (Å²) in [6, 6.07) is 4.69. The van der Waals surface area contributed by atoms with Crippen LogP contribution in [0.1, 0.15) is 6.92 Å². The fraction of sp³-hybridized carbons (Fsp3) is 0.400. The molecule has 1 aromatic carbocycles. The van der Waals surface area contributed by atoms with Crippen LogP contribution >= 0.6 is 12.2 Å². The Kier molecular flexibility index (Phi) is 4.79. The zero-order valence-corrected chi connectivity index (χ0v) is 14.0. The Morgan fingerprint density at radius 2 is 2.42 bits per heavy atom. The lowest BCUT2D eigenvalue weighted by Gasteiger charge is -2.24. The summed E-state index contributed by atoms with van der Waals surface area (Å²) in [5.41, 5.74) is 3.70. The normalized spacial score (nSPS) is 19.9. The molecule has 128 valence electrons.